The molecule has 0 aliphatic heterocycles. The Kier molecular flexibility index (Phi) is 7.14. The molecule has 0 spiro atoms. The van der Waals surface area contributed by atoms with Crippen LogP contribution in [0, 0.1) is 0 Å². The van der Waals surface area contributed by atoms with Crippen LogP contribution in [0.2, 0.25) is 5.28 Å². The van der Waals surface area contributed by atoms with Crippen LogP contribution in [-0.4, -0.2) is 15.2 Å². The molecular formula is C10H14AlF. The third kappa shape index (κ3) is 4.54. The van der Waals surface area contributed by atoms with E-state index in [9.17, 15) is 0 Å². The van der Waals surface area contributed by atoms with E-state index in [0.717, 1.165) is 0 Å². The smallest absolute Gasteiger partial charge is 1.00 e. The van der Waals surface area contributed by atoms with Crippen molar-refractivity contribution in [2.24, 2.45) is 0 Å². The van der Waals surface area contributed by atoms with Crippen molar-refractivity contribution in [1.29, 1.82) is 0 Å². The monoisotopic (exact) mass is 180 g/mol. The quantitative estimate of drug-likeness (QED) is 0.442. The van der Waals surface area contributed by atoms with E-state index in [1.807, 2.05) is 0 Å². The summed E-state index contributed by atoms with van der Waals surface area (Å²) in [5, 5.41) is 2.77. The van der Waals surface area contributed by atoms with Gasteiger partial charge in [-0.05, 0) is 0 Å². The van der Waals surface area contributed by atoms with E-state index in [0.29, 0.717) is 15.2 Å². The molecule has 1 aromatic carbocycles. The van der Waals surface area contributed by atoms with Crippen molar-refractivity contribution >= 4 is 15.2 Å². The molecule has 0 nitrogen and oxygen atoms in total. The first-order chi connectivity index (χ1) is 5.43. The molecule has 0 aromatic heterocycles. The fourth-order valence-electron chi connectivity index (χ4n) is 1.09. The second kappa shape index (κ2) is 7.34. The second-order valence-corrected chi connectivity index (χ2v) is 4.33. The van der Waals surface area contributed by atoms with E-state index >= 15 is 0 Å². The first-order valence-electron chi connectivity index (χ1n) is 4.29. The average molecular weight is 180 g/mol. The molecule has 0 unspecified atom stereocenters. The van der Waals surface area contributed by atoms with Crippen LogP contribution in [0.5, 0.6) is 0 Å². The van der Waals surface area contributed by atoms with E-state index in [1.54, 1.807) is 0 Å². The molecule has 0 aliphatic rings. The van der Waals surface area contributed by atoms with Gasteiger partial charge in [0, 0.05) is 0 Å². The second-order valence-electron chi connectivity index (χ2n) is 2.77. The molecule has 0 saturated heterocycles. The van der Waals surface area contributed by atoms with Crippen molar-refractivity contribution in [3.8, 4) is 0 Å². The zero-order valence-corrected chi connectivity index (χ0v) is 8.62. The summed E-state index contributed by atoms with van der Waals surface area (Å²) in [4.78, 5) is 0. The third-order valence-electron chi connectivity index (χ3n) is 1.72. The first-order valence-corrected chi connectivity index (χ1v) is 5.92. The predicted molar refractivity (Wildman–Crippen MR) is 51.0 cm³/mol. The largest absolute Gasteiger partial charge is 1.00 e. The molecule has 0 atom stereocenters. The molecule has 1 rings (SSSR count). The number of halogens is 1. The average Bonchev–Trinajstić information content (AvgIpc) is 2.07. The fourth-order valence-corrected chi connectivity index (χ4v) is 2.30. The molecular weight excluding hydrogens is 166 g/mol. The molecule has 0 N–H and O–H groups in total. The molecule has 0 saturated carbocycles. The van der Waals surface area contributed by atoms with Crippen molar-refractivity contribution in [2.75, 3.05) is 0 Å². The normalized spacial score (nSPS) is 8.42. The summed E-state index contributed by atoms with van der Waals surface area (Å²) in [7, 11) is 0. The Bertz CT molecular complexity index is 186. The predicted octanol–water partition coefficient (Wildman–Crippen LogP) is -0.277. The first kappa shape index (κ1) is 11.7. The van der Waals surface area contributed by atoms with Gasteiger partial charge in [0.05, 0.1) is 0 Å². The van der Waals surface area contributed by atoms with Crippen molar-refractivity contribution in [2.45, 2.75) is 23.9 Å². The van der Waals surface area contributed by atoms with Gasteiger partial charge in [-0.25, -0.2) is 0 Å². The summed E-state index contributed by atoms with van der Waals surface area (Å²) in [6.45, 7) is 2.26. The van der Waals surface area contributed by atoms with Gasteiger partial charge in [-0.2, -0.15) is 0 Å². The Hall–Kier alpha value is -0.318. The third-order valence-corrected chi connectivity index (χ3v) is 3.46. The van der Waals surface area contributed by atoms with Crippen LogP contribution in [-0.2, 0) is 5.28 Å². The van der Waals surface area contributed by atoms with Gasteiger partial charge >= 0.3 is 75.0 Å². The number of hydrogen-bond acceptors (Lipinski definition) is 0. The SMILES string of the molecule is CC[CH2][Al+][CH2]c1ccccc1.[F-]. The maximum atomic E-state index is 2.26. The van der Waals surface area contributed by atoms with E-state index in [1.165, 1.54) is 22.5 Å². The Morgan fingerprint density at radius 3 is 2.42 bits per heavy atom. The van der Waals surface area contributed by atoms with Crippen molar-refractivity contribution in [3.05, 3.63) is 35.9 Å². The Morgan fingerprint density at radius 1 is 1.17 bits per heavy atom. The molecule has 12 heavy (non-hydrogen) atoms. The molecule has 0 bridgehead atoms. The number of hydrogen-bond donors (Lipinski definition) is 0. The van der Waals surface area contributed by atoms with Gasteiger partial charge in [0.15, 0.2) is 0 Å². The summed E-state index contributed by atoms with van der Waals surface area (Å²) in [6.07, 6.45) is 1.35. The molecule has 0 radical (unpaired) electrons. The minimum absolute atomic E-state index is 0. The standard InChI is InChI=1S/C7H7.C3H7.Al.FH/c1-7-5-3-2-4-6-7;1-3-2;;/h2-6H,1H2;1,3H2,2H3;;1H/q;;+1;/p-1. The molecule has 0 aliphatic carbocycles. The van der Waals surface area contributed by atoms with Crippen LogP contribution in [0.25, 0.3) is 0 Å². The van der Waals surface area contributed by atoms with E-state index < -0.39 is 0 Å². The Morgan fingerprint density at radius 2 is 1.83 bits per heavy atom. The maximum absolute atomic E-state index is 2.26. The molecule has 0 heterocycles. The van der Waals surface area contributed by atoms with Gasteiger partial charge in [0.1, 0.15) is 0 Å². The van der Waals surface area contributed by atoms with Gasteiger partial charge in [-0.1, -0.05) is 0 Å². The van der Waals surface area contributed by atoms with Gasteiger partial charge < -0.3 is 4.70 Å². The van der Waals surface area contributed by atoms with E-state index in [4.69, 9.17) is 0 Å². The minimum atomic E-state index is 0. The van der Waals surface area contributed by atoms with Crippen LogP contribution in [0.4, 0.5) is 0 Å². The van der Waals surface area contributed by atoms with Gasteiger partial charge in [-0.3, -0.25) is 0 Å². The summed E-state index contributed by atoms with van der Waals surface area (Å²) in [5.41, 5.74) is 1.51. The Labute approximate surface area is 80.1 Å². The van der Waals surface area contributed by atoms with Gasteiger partial charge in [0.2, 0.25) is 0 Å². The van der Waals surface area contributed by atoms with Gasteiger partial charge in [-0.15, -0.1) is 0 Å². The van der Waals surface area contributed by atoms with Crippen LogP contribution in [0.1, 0.15) is 18.9 Å². The number of benzene rings is 1. The zero-order valence-electron chi connectivity index (χ0n) is 7.46. The molecule has 64 valence electrons. The van der Waals surface area contributed by atoms with Crippen molar-refractivity contribution in [3.63, 3.8) is 0 Å². The van der Waals surface area contributed by atoms with Crippen LogP contribution < -0.4 is 4.70 Å². The fraction of sp³-hybridized carbons (Fsp3) is 0.400. The zero-order chi connectivity index (χ0) is 7.94. The Balaban J connectivity index is 0.00000121. The van der Waals surface area contributed by atoms with Gasteiger partial charge in [0.25, 0.3) is 0 Å². The molecule has 1 aromatic rings. The van der Waals surface area contributed by atoms with E-state index in [-0.39, 0.29) is 4.70 Å². The molecule has 0 amide bonds. The van der Waals surface area contributed by atoms with E-state index in [2.05, 4.69) is 37.3 Å². The van der Waals surface area contributed by atoms with Crippen molar-refractivity contribution < 1.29 is 4.70 Å². The van der Waals surface area contributed by atoms with Crippen LogP contribution in [0.15, 0.2) is 30.3 Å². The molecule has 0 fully saturated rings. The van der Waals surface area contributed by atoms with Crippen LogP contribution >= 0.6 is 0 Å². The topological polar surface area (TPSA) is 0 Å². The van der Waals surface area contributed by atoms with Crippen molar-refractivity contribution in [1.82, 2.24) is 0 Å². The minimum Gasteiger partial charge on any atom is -1.00 e. The number of rotatable bonds is 4. The summed E-state index contributed by atoms with van der Waals surface area (Å²) >= 11 is 0.661. The summed E-state index contributed by atoms with van der Waals surface area (Å²) < 4.78 is 0. The summed E-state index contributed by atoms with van der Waals surface area (Å²) in [5.74, 6) is 0. The van der Waals surface area contributed by atoms with Crippen LogP contribution in [0.3, 0.4) is 0 Å². The maximum Gasteiger partial charge on any atom is -1.00 e. The summed E-state index contributed by atoms with van der Waals surface area (Å²) in [6, 6.07) is 10.8. The molecule has 2 heteroatoms.